The van der Waals surface area contributed by atoms with Gasteiger partial charge in [-0.15, -0.1) is 0 Å². The summed E-state index contributed by atoms with van der Waals surface area (Å²) in [6.07, 6.45) is 8.29. The van der Waals surface area contributed by atoms with E-state index >= 15 is 0 Å². The molecule has 158 valence electrons. The second-order valence-corrected chi connectivity index (χ2v) is 11.1. The van der Waals surface area contributed by atoms with Crippen LogP contribution in [0.4, 0.5) is 11.5 Å². The highest BCUT2D eigenvalue weighted by Crippen LogP contribution is 2.54. The van der Waals surface area contributed by atoms with E-state index in [1.54, 1.807) is 18.2 Å². The first-order chi connectivity index (χ1) is 14.3. The Hall–Kier alpha value is -2.41. The number of nitrogens with one attached hydrogen (secondary N) is 1. The summed E-state index contributed by atoms with van der Waals surface area (Å²) >= 11 is 0. The van der Waals surface area contributed by atoms with Gasteiger partial charge in [0.25, 0.3) is 5.91 Å². The van der Waals surface area contributed by atoms with Gasteiger partial charge in [-0.25, -0.2) is 13.4 Å². The summed E-state index contributed by atoms with van der Waals surface area (Å²) in [5, 5.41) is 2.92. The molecule has 2 aliphatic carbocycles. The highest BCUT2D eigenvalue weighted by atomic mass is 32.2. The fourth-order valence-corrected chi connectivity index (χ4v) is 5.05. The lowest BCUT2D eigenvalue weighted by Crippen LogP contribution is -2.35. The molecule has 1 amide bonds. The van der Waals surface area contributed by atoms with Crippen LogP contribution in [0.1, 0.15) is 60.5 Å². The van der Waals surface area contributed by atoms with Crippen molar-refractivity contribution in [2.24, 2.45) is 5.41 Å². The molecule has 0 atom stereocenters. The smallest absolute Gasteiger partial charge is 0.258 e. The fourth-order valence-electron chi connectivity index (χ4n) is 4.41. The third-order valence-corrected chi connectivity index (χ3v) is 7.88. The zero-order valence-corrected chi connectivity index (χ0v) is 18.0. The summed E-state index contributed by atoms with van der Waals surface area (Å²) in [7, 11) is -3.35. The van der Waals surface area contributed by atoms with Crippen LogP contribution in [0.15, 0.2) is 41.3 Å². The Kier molecular flexibility index (Phi) is 4.61. The number of sulfone groups is 1. The van der Waals surface area contributed by atoms with Crippen molar-refractivity contribution in [2.75, 3.05) is 29.6 Å². The molecule has 1 aromatic heterocycles. The fraction of sp³-hybridized carbons (Fsp3) is 0.478. The van der Waals surface area contributed by atoms with E-state index in [4.69, 9.17) is 0 Å². The van der Waals surface area contributed by atoms with Crippen molar-refractivity contribution in [1.82, 2.24) is 4.98 Å². The van der Waals surface area contributed by atoms with Crippen LogP contribution in [-0.2, 0) is 9.84 Å². The third-order valence-electron chi connectivity index (χ3n) is 6.77. The predicted molar refractivity (Wildman–Crippen MR) is 117 cm³/mol. The van der Waals surface area contributed by atoms with Crippen molar-refractivity contribution < 1.29 is 13.2 Å². The number of piperidine rings is 1. The summed E-state index contributed by atoms with van der Waals surface area (Å²) in [6, 6.07) is 10.5. The van der Waals surface area contributed by atoms with Gasteiger partial charge < -0.3 is 10.2 Å². The quantitative estimate of drug-likeness (QED) is 0.783. The van der Waals surface area contributed by atoms with E-state index < -0.39 is 9.84 Å². The first-order valence-electron chi connectivity index (χ1n) is 10.7. The van der Waals surface area contributed by atoms with Crippen molar-refractivity contribution in [3.8, 4) is 0 Å². The molecule has 0 bridgehead atoms. The number of benzene rings is 1. The van der Waals surface area contributed by atoms with Crippen LogP contribution < -0.4 is 10.2 Å². The number of carbonyl (C=O) groups is 1. The van der Waals surface area contributed by atoms with Gasteiger partial charge in [0.2, 0.25) is 0 Å². The summed E-state index contributed by atoms with van der Waals surface area (Å²) in [4.78, 5) is 20.1. The van der Waals surface area contributed by atoms with Crippen molar-refractivity contribution in [2.45, 2.75) is 49.3 Å². The lowest BCUT2D eigenvalue weighted by Gasteiger charge is -2.35. The van der Waals surface area contributed by atoms with Crippen LogP contribution in [0.5, 0.6) is 0 Å². The van der Waals surface area contributed by atoms with E-state index in [1.165, 1.54) is 25.2 Å². The molecular weight excluding hydrogens is 398 g/mol. The average Bonchev–Trinajstić information content (AvgIpc) is 3.64. The molecule has 1 N–H and O–H groups in total. The molecule has 3 aliphatic rings. The molecule has 1 saturated heterocycles. The van der Waals surface area contributed by atoms with Crippen molar-refractivity contribution in [1.29, 1.82) is 0 Å². The van der Waals surface area contributed by atoms with Crippen molar-refractivity contribution in [3.63, 3.8) is 0 Å². The number of carbonyl (C=O) groups excluding carboxylic acids is 1. The van der Waals surface area contributed by atoms with Gasteiger partial charge in [-0.2, -0.15) is 0 Å². The van der Waals surface area contributed by atoms with Gasteiger partial charge in [0.05, 0.1) is 16.1 Å². The van der Waals surface area contributed by atoms with Crippen LogP contribution in [0, 0.1) is 5.41 Å². The van der Waals surface area contributed by atoms with Gasteiger partial charge in [-0.3, -0.25) is 4.79 Å². The Labute approximate surface area is 177 Å². The van der Waals surface area contributed by atoms with Crippen molar-refractivity contribution >= 4 is 27.2 Å². The molecule has 2 aromatic rings. The molecule has 30 heavy (non-hydrogen) atoms. The second-order valence-electron chi connectivity index (χ2n) is 9.11. The Bertz CT molecular complexity index is 1090. The van der Waals surface area contributed by atoms with Crippen LogP contribution in [0.3, 0.4) is 0 Å². The maximum absolute atomic E-state index is 13.1. The molecule has 3 fully saturated rings. The highest BCUT2D eigenvalue weighted by Gasteiger charge is 2.44. The van der Waals surface area contributed by atoms with Gasteiger partial charge in [0.15, 0.2) is 9.84 Å². The van der Waals surface area contributed by atoms with Gasteiger partial charge in [-0.1, -0.05) is 6.07 Å². The summed E-state index contributed by atoms with van der Waals surface area (Å²) in [5.74, 6) is 0.796. The Morgan fingerprint density at radius 2 is 1.83 bits per heavy atom. The van der Waals surface area contributed by atoms with Crippen LogP contribution in [-0.4, -0.2) is 38.7 Å². The lowest BCUT2D eigenvalue weighted by atomic mass is 9.93. The molecule has 2 heterocycles. The maximum atomic E-state index is 13.1. The van der Waals surface area contributed by atoms with Crippen LogP contribution in [0.25, 0.3) is 0 Å². The summed E-state index contributed by atoms with van der Waals surface area (Å²) in [6.45, 7) is 1.70. The Morgan fingerprint density at radius 1 is 1.10 bits per heavy atom. The standard InChI is InChI=1S/C23H27N3O3S/c1-30(28,29)17-7-8-18(20(15-17)26-13-11-23(9-10-23)12-14-26)22(27)25-21-4-2-3-19(24-21)16-5-6-16/h2-4,7-8,15-16H,5-6,9-14H2,1H3,(H,24,25,27). The van der Waals surface area contributed by atoms with Gasteiger partial charge in [0.1, 0.15) is 5.82 Å². The molecule has 7 heteroatoms. The molecule has 1 aromatic carbocycles. The maximum Gasteiger partial charge on any atom is 0.258 e. The van der Waals surface area contributed by atoms with E-state index in [0.29, 0.717) is 28.4 Å². The number of pyridine rings is 1. The van der Waals surface area contributed by atoms with E-state index in [2.05, 4.69) is 15.2 Å². The minimum absolute atomic E-state index is 0.245. The number of nitrogens with zero attached hydrogens (tertiary/aromatic N) is 2. The minimum Gasteiger partial charge on any atom is -0.371 e. The zero-order valence-electron chi connectivity index (χ0n) is 17.2. The van der Waals surface area contributed by atoms with Gasteiger partial charge in [0, 0.05) is 31.0 Å². The number of hydrogen-bond donors (Lipinski definition) is 1. The van der Waals surface area contributed by atoms with Crippen molar-refractivity contribution in [3.05, 3.63) is 47.7 Å². The van der Waals surface area contributed by atoms with E-state index in [9.17, 15) is 13.2 Å². The van der Waals surface area contributed by atoms with Gasteiger partial charge >= 0.3 is 0 Å². The SMILES string of the molecule is CS(=O)(=O)c1ccc(C(=O)Nc2cccc(C3CC3)n2)c(N2CCC3(CC2)CC3)c1. The minimum atomic E-state index is -3.35. The average molecular weight is 426 g/mol. The molecular formula is C23H27N3O3S. The number of amides is 1. The Balaban J connectivity index is 1.44. The second kappa shape index (κ2) is 7.08. The third kappa shape index (κ3) is 3.95. The lowest BCUT2D eigenvalue weighted by molar-refractivity contribution is 0.102. The summed E-state index contributed by atoms with van der Waals surface area (Å²) < 4.78 is 24.3. The van der Waals surface area contributed by atoms with Crippen LogP contribution in [0.2, 0.25) is 0 Å². The molecule has 6 nitrogen and oxygen atoms in total. The van der Waals surface area contributed by atoms with E-state index in [1.807, 2.05) is 12.1 Å². The van der Waals surface area contributed by atoms with Crippen LogP contribution >= 0.6 is 0 Å². The first-order valence-corrected chi connectivity index (χ1v) is 12.6. The largest absolute Gasteiger partial charge is 0.371 e. The molecule has 0 unspecified atom stereocenters. The Morgan fingerprint density at radius 3 is 2.47 bits per heavy atom. The molecule has 0 radical (unpaired) electrons. The van der Waals surface area contributed by atoms with E-state index in [-0.39, 0.29) is 10.8 Å². The normalized spacial score (nSPS) is 20.2. The molecule has 1 spiro atoms. The van der Waals surface area contributed by atoms with E-state index in [0.717, 1.165) is 44.5 Å². The predicted octanol–water partition coefficient (Wildman–Crippen LogP) is 4.00. The number of hydrogen-bond acceptors (Lipinski definition) is 5. The van der Waals surface area contributed by atoms with Gasteiger partial charge in [-0.05, 0) is 74.3 Å². The topological polar surface area (TPSA) is 79.4 Å². The first kappa shape index (κ1) is 19.5. The molecule has 5 rings (SSSR count). The number of aromatic nitrogens is 1. The highest BCUT2D eigenvalue weighted by molar-refractivity contribution is 7.90. The number of rotatable bonds is 5. The molecule has 1 aliphatic heterocycles. The number of anilines is 2. The zero-order chi connectivity index (χ0) is 20.9. The molecule has 2 saturated carbocycles. The summed E-state index contributed by atoms with van der Waals surface area (Å²) in [5.41, 5.74) is 2.71. The monoisotopic (exact) mass is 425 g/mol.